The molecule has 4 N–H and O–H groups in total. The van der Waals surface area contributed by atoms with E-state index in [1.54, 1.807) is 4.90 Å². The summed E-state index contributed by atoms with van der Waals surface area (Å²) in [4.78, 5) is 42.7. The zero-order valence-corrected chi connectivity index (χ0v) is 55.5. The van der Waals surface area contributed by atoms with Crippen molar-refractivity contribution in [1.82, 2.24) is 40.9 Å². The van der Waals surface area contributed by atoms with E-state index in [0.717, 1.165) is 50.1 Å². The van der Waals surface area contributed by atoms with Crippen LogP contribution < -0.4 is 21.3 Å². The third kappa shape index (κ3) is 39.3. The van der Waals surface area contributed by atoms with Gasteiger partial charge in [0.25, 0.3) is 0 Å². The third-order valence-corrected chi connectivity index (χ3v) is 15.9. The summed E-state index contributed by atoms with van der Waals surface area (Å²) in [6, 6.07) is 3.66. The van der Waals surface area contributed by atoms with E-state index < -0.39 is 0 Å². The van der Waals surface area contributed by atoms with E-state index in [9.17, 15) is 14.4 Å². The molecular formula is C66H132N8O6. The van der Waals surface area contributed by atoms with Crippen LogP contribution in [0.3, 0.4) is 0 Å². The van der Waals surface area contributed by atoms with Gasteiger partial charge in [0.1, 0.15) is 0 Å². The lowest BCUT2D eigenvalue weighted by Gasteiger charge is -2.33. The van der Waals surface area contributed by atoms with Crippen molar-refractivity contribution in [2.24, 2.45) is 11.8 Å². The van der Waals surface area contributed by atoms with Gasteiger partial charge in [-0.25, -0.2) is 0 Å². The highest BCUT2D eigenvalue weighted by molar-refractivity contribution is 5.78. The molecule has 80 heavy (non-hydrogen) atoms. The van der Waals surface area contributed by atoms with Crippen molar-refractivity contribution in [3.63, 3.8) is 0 Å². The van der Waals surface area contributed by atoms with Gasteiger partial charge in [-0.2, -0.15) is 0 Å². The first kappa shape index (κ1) is 75.7. The predicted octanol–water partition coefficient (Wildman–Crippen LogP) is 12.1. The fourth-order valence-corrected chi connectivity index (χ4v) is 11.1. The maximum Gasteiger partial charge on any atom is 0.224 e. The number of nitrogens with zero attached hydrogens (tertiary/aromatic N) is 4. The summed E-state index contributed by atoms with van der Waals surface area (Å²) >= 11 is 0. The van der Waals surface area contributed by atoms with Gasteiger partial charge in [-0.1, -0.05) is 120 Å². The van der Waals surface area contributed by atoms with Crippen LogP contribution in [0, 0.1) is 11.8 Å². The fraction of sp³-hybridized carbons (Fsp3) is 0.924. The van der Waals surface area contributed by atoms with Gasteiger partial charge in [-0.3, -0.25) is 14.4 Å². The number of nitrogens with one attached hydrogen (secondary N) is 4. The summed E-state index contributed by atoms with van der Waals surface area (Å²) in [5.41, 5.74) is 1.12. The number of rotatable bonds is 14. The average Bonchev–Trinajstić information content (AvgIpc) is 3.39. The lowest BCUT2D eigenvalue weighted by Crippen LogP contribution is -2.43. The van der Waals surface area contributed by atoms with Gasteiger partial charge in [-0.15, -0.1) is 0 Å². The second-order valence-corrected chi connectivity index (χ2v) is 26.6. The number of ether oxygens (including phenoxy) is 3. The molecule has 0 aromatic rings. The van der Waals surface area contributed by atoms with Gasteiger partial charge >= 0.3 is 0 Å². The van der Waals surface area contributed by atoms with Gasteiger partial charge in [-0.05, 0) is 146 Å². The van der Waals surface area contributed by atoms with Crippen molar-refractivity contribution in [1.29, 1.82) is 0 Å². The molecule has 3 amide bonds. The zero-order chi connectivity index (χ0) is 60.2. The fourth-order valence-electron chi connectivity index (χ4n) is 11.1. The van der Waals surface area contributed by atoms with Crippen LogP contribution in [0.2, 0.25) is 0 Å². The minimum absolute atomic E-state index is 0.0721. The molecule has 7 rings (SSSR count). The molecule has 0 spiro atoms. The summed E-state index contributed by atoms with van der Waals surface area (Å²) in [5, 5.41) is 13.3. The largest absolute Gasteiger partial charge is 0.378 e. The maximum atomic E-state index is 11.4. The van der Waals surface area contributed by atoms with E-state index in [4.69, 9.17) is 14.2 Å². The van der Waals surface area contributed by atoms with Crippen molar-refractivity contribution in [2.75, 3.05) is 67.5 Å². The Morgan fingerprint density at radius 3 is 1.15 bits per heavy atom. The molecule has 3 saturated carbocycles. The molecule has 4 heterocycles. The lowest BCUT2D eigenvalue weighted by atomic mass is 9.95. The Labute approximate surface area is 494 Å². The van der Waals surface area contributed by atoms with E-state index in [0.29, 0.717) is 49.0 Å². The number of hydrogen-bond donors (Lipinski definition) is 4. The third-order valence-electron chi connectivity index (χ3n) is 15.9. The zero-order valence-electron chi connectivity index (χ0n) is 55.5. The van der Waals surface area contributed by atoms with Crippen LogP contribution in [-0.4, -0.2) is 178 Å². The minimum atomic E-state index is 0.0721. The van der Waals surface area contributed by atoms with Gasteiger partial charge in [0.2, 0.25) is 17.7 Å². The van der Waals surface area contributed by atoms with Gasteiger partial charge < -0.3 is 55.1 Å². The predicted molar refractivity (Wildman–Crippen MR) is 338 cm³/mol. The number of likely N-dealkylation sites (tertiary alicyclic amines) is 4. The Morgan fingerprint density at radius 1 is 0.412 bits per heavy atom. The molecule has 2 unspecified atom stereocenters. The first-order valence-corrected chi connectivity index (χ1v) is 32.8. The highest BCUT2D eigenvalue weighted by atomic mass is 16.5. The molecular weight excluding hydrogens is 1000 g/mol. The molecule has 0 aromatic carbocycles. The monoisotopic (exact) mass is 1130 g/mol. The Kier molecular flexibility index (Phi) is 41.8. The van der Waals surface area contributed by atoms with Gasteiger partial charge in [0, 0.05) is 100 Å². The van der Waals surface area contributed by atoms with Crippen molar-refractivity contribution < 1.29 is 28.6 Å². The SMILES string of the molecule is C=C1CC(NC(=O)C(C)C)CCN1C.CC(C)C(=O)NC1CCCCC1.CC(C)NC1CCCCC1.CC(C)NC1CCN(C)CC1.CC(C)OC1CCCCC1.CC(C)OC1CCN(C)C(=O)C1.CC(C)OC1CCN(C)CC1. The first-order chi connectivity index (χ1) is 37.7. The van der Waals surface area contributed by atoms with Crippen LogP contribution in [0.15, 0.2) is 12.3 Å². The summed E-state index contributed by atoms with van der Waals surface area (Å²) in [6.07, 6.45) is 30.9. The highest BCUT2D eigenvalue weighted by Crippen LogP contribution is 2.23. The molecule has 472 valence electrons. The Bertz CT molecular complexity index is 1510. The van der Waals surface area contributed by atoms with Crippen molar-refractivity contribution in [3.8, 4) is 0 Å². The number of amides is 3. The topological polar surface area (TPSA) is 140 Å². The number of hydrogen-bond acceptors (Lipinski definition) is 11. The summed E-state index contributed by atoms with van der Waals surface area (Å²) in [7, 11) is 8.26. The number of piperidine rings is 4. The molecule has 3 aliphatic carbocycles. The second kappa shape index (κ2) is 44.2. The van der Waals surface area contributed by atoms with Crippen LogP contribution >= 0.6 is 0 Å². The van der Waals surface area contributed by atoms with Crippen molar-refractivity contribution in [3.05, 3.63) is 12.3 Å². The molecule has 14 heteroatoms. The molecule has 0 radical (unpaired) electrons. The Hall–Kier alpha value is -2.33. The molecule has 7 fully saturated rings. The maximum absolute atomic E-state index is 11.4. The van der Waals surface area contributed by atoms with Crippen LogP contribution in [0.1, 0.15) is 245 Å². The Morgan fingerprint density at radius 2 is 0.750 bits per heavy atom. The smallest absolute Gasteiger partial charge is 0.224 e. The molecule has 4 aliphatic heterocycles. The molecule has 0 aromatic heterocycles. The lowest BCUT2D eigenvalue weighted by molar-refractivity contribution is -0.138. The van der Waals surface area contributed by atoms with E-state index in [2.05, 4.69) is 112 Å². The minimum Gasteiger partial charge on any atom is -0.378 e. The molecule has 2 atom stereocenters. The van der Waals surface area contributed by atoms with Gasteiger partial charge in [0.15, 0.2) is 0 Å². The van der Waals surface area contributed by atoms with Crippen molar-refractivity contribution in [2.45, 2.75) is 317 Å². The quantitative estimate of drug-likeness (QED) is 0.132. The first-order valence-electron chi connectivity index (χ1n) is 32.8. The van der Waals surface area contributed by atoms with E-state index in [-0.39, 0.29) is 47.8 Å². The highest BCUT2D eigenvalue weighted by Gasteiger charge is 2.25. The van der Waals surface area contributed by atoms with Crippen molar-refractivity contribution >= 4 is 17.7 Å². The normalized spacial score (nSPS) is 22.5. The molecule has 7 aliphatic rings. The van der Waals surface area contributed by atoms with E-state index >= 15 is 0 Å². The van der Waals surface area contributed by atoms with Crippen LogP contribution in [0.5, 0.6) is 0 Å². The molecule has 14 nitrogen and oxygen atoms in total. The number of carbonyl (C=O) groups excluding carboxylic acids is 3. The summed E-state index contributed by atoms with van der Waals surface area (Å²) in [6.45, 7) is 39.8. The number of carbonyl (C=O) groups is 3. The summed E-state index contributed by atoms with van der Waals surface area (Å²) < 4.78 is 17.0. The van der Waals surface area contributed by atoms with Gasteiger partial charge in [0.05, 0.1) is 43.0 Å². The van der Waals surface area contributed by atoms with Crippen LogP contribution in [-0.2, 0) is 28.6 Å². The Balaban J connectivity index is 0.000000468. The van der Waals surface area contributed by atoms with E-state index in [1.807, 2.05) is 55.6 Å². The molecule has 4 saturated heterocycles. The second-order valence-electron chi connectivity index (χ2n) is 26.6. The molecule has 0 bridgehead atoms. The standard InChI is InChI=1S/C11H20N2O.C10H19NO.C9H20N2.C9H17NO2.C9H19NO.C9H19N.C9H18O/c1-8(2)11(14)12-10-5-6-13(4)9(3)7-10;1-8(2)10(12)11-9-6-4-3-5-7-9;1-8(2)10-9-4-6-11(3)7-5-9;1-7(2)12-8-4-5-10(3)9(11)6-8;1-8(2)11-9-4-6-10(3)7-5-9;2*1-8(2)10-9-6-4-3-5-7-9/h8,10H,3,5-7H2,1-2,4H3,(H,12,14);8-9H,3-7H2,1-2H3,(H,11,12);8-10H,4-7H2,1-3H3;7-8H,4-6H2,1-3H3;8-9H,4-7H2,1-3H3;8-10H,3-7H2,1-2H3;8-9H,3-7H2,1-2H3. The van der Waals surface area contributed by atoms with Crippen LogP contribution in [0.4, 0.5) is 0 Å². The average molecular weight is 1130 g/mol. The van der Waals surface area contributed by atoms with Crippen LogP contribution in [0.25, 0.3) is 0 Å². The van der Waals surface area contributed by atoms with E-state index in [1.165, 1.54) is 148 Å². The summed E-state index contributed by atoms with van der Waals surface area (Å²) in [5.74, 6) is 0.760.